The Morgan fingerprint density at radius 2 is 2.09 bits per heavy atom. The fourth-order valence-electron chi connectivity index (χ4n) is 3.19. The van der Waals surface area contributed by atoms with Crippen molar-refractivity contribution in [2.24, 2.45) is 0 Å². The van der Waals surface area contributed by atoms with Crippen LogP contribution in [0.3, 0.4) is 0 Å². The van der Waals surface area contributed by atoms with Gasteiger partial charge < -0.3 is 4.98 Å². The smallest absolute Gasteiger partial charge is 0.214 e. The number of hydrogen-bond acceptors (Lipinski definition) is 2. The largest absolute Gasteiger partial charge is 0.358 e. The molecule has 0 amide bonds. The molecule has 0 unspecified atom stereocenters. The van der Waals surface area contributed by atoms with Crippen molar-refractivity contribution < 1.29 is 8.42 Å². The van der Waals surface area contributed by atoms with Gasteiger partial charge in [0.2, 0.25) is 10.0 Å². The Morgan fingerprint density at radius 3 is 2.77 bits per heavy atom. The fraction of sp³-hybridized carbons (Fsp3) is 0.529. The molecule has 1 aliphatic rings. The maximum Gasteiger partial charge on any atom is 0.214 e. The molecule has 2 aromatic rings. The van der Waals surface area contributed by atoms with E-state index in [1.54, 1.807) is 4.31 Å². The molecule has 0 radical (unpaired) electrons. The standard InChI is InChI=1S/C17H24N2O2S/c1-4-9-22(20,21)19-8-7-17-15(11-19)14-10-13(12(2)3)5-6-16(14)18-17/h5-6,10,12,18H,4,7-9,11H2,1-3H3. The molecule has 0 saturated carbocycles. The molecule has 0 atom stereocenters. The second-order valence-corrected chi connectivity index (χ2v) is 8.53. The van der Waals surface area contributed by atoms with Crippen LogP contribution in [0, 0.1) is 0 Å². The molecule has 120 valence electrons. The minimum absolute atomic E-state index is 0.238. The number of rotatable bonds is 4. The van der Waals surface area contributed by atoms with E-state index < -0.39 is 10.0 Å². The number of aromatic amines is 1. The van der Waals surface area contributed by atoms with Gasteiger partial charge in [-0.3, -0.25) is 0 Å². The van der Waals surface area contributed by atoms with Crippen molar-refractivity contribution in [2.75, 3.05) is 12.3 Å². The van der Waals surface area contributed by atoms with Gasteiger partial charge in [0.15, 0.2) is 0 Å². The molecule has 0 fully saturated rings. The number of nitrogens with one attached hydrogen (secondary N) is 1. The van der Waals surface area contributed by atoms with Crippen molar-refractivity contribution in [3.8, 4) is 0 Å². The summed E-state index contributed by atoms with van der Waals surface area (Å²) in [6.07, 6.45) is 1.43. The van der Waals surface area contributed by atoms with Crippen molar-refractivity contribution in [1.82, 2.24) is 9.29 Å². The topological polar surface area (TPSA) is 53.2 Å². The molecule has 1 aliphatic heterocycles. The van der Waals surface area contributed by atoms with E-state index in [0.29, 0.717) is 25.4 Å². The van der Waals surface area contributed by atoms with Crippen LogP contribution in [0.2, 0.25) is 0 Å². The predicted molar refractivity (Wildman–Crippen MR) is 90.6 cm³/mol. The summed E-state index contributed by atoms with van der Waals surface area (Å²) < 4.78 is 26.3. The first-order chi connectivity index (χ1) is 10.4. The maximum atomic E-state index is 12.3. The van der Waals surface area contributed by atoms with Crippen LogP contribution in [0.1, 0.15) is 49.9 Å². The highest BCUT2D eigenvalue weighted by molar-refractivity contribution is 7.89. The Balaban J connectivity index is 2.02. The van der Waals surface area contributed by atoms with E-state index in [2.05, 4.69) is 37.0 Å². The maximum absolute atomic E-state index is 12.3. The molecule has 2 heterocycles. The molecule has 1 aromatic carbocycles. The first-order valence-electron chi connectivity index (χ1n) is 8.03. The monoisotopic (exact) mass is 320 g/mol. The molecule has 0 saturated heterocycles. The quantitative estimate of drug-likeness (QED) is 0.939. The van der Waals surface area contributed by atoms with Crippen LogP contribution in [-0.4, -0.2) is 30.0 Å². The Labute approximate surface area is 132 Å². The first-order valence-corrected chi connectivity index (χ1v) is 9.64. The van der Waals surface area contributed by atoms with E-state index in [4.69, 9.17) is 0 Å². The van der Waals surface area contributed by atoms with Crippen LogP contribution in [-0.2, 0) is 23.0 Å². The SMILES string of the molecule is CCCS(=O)(=O)N1CCc2[nH]c3ccc(C(C)C)cc3c2C1. The third-order valence-corrected chi connectivity index (χ3v) is 6.51. The van der Waals surface area contributed by atoms with Gasteiger partial charge in [0.1, 0.15) is 0 Å². The summed E-state index contributed by atoms with van der Waals surface area (Å²) in [4.78, 5) is 3.46. The van der Waals surface area contributed by atoms with E-state index >= 15 is 0 Å². The number of nitrogens with zero attached hydrogens (tertiary/aromatic N) is 1. The molecule has 5 heteroatoms. The number of benzene rings is 1. The normalized spacial score (nSPS) is 16.4. The molecule has 0 aliphatic carbocycles. The van der Waals surface area contributed by atoms with Crippen LogP contribution < -0.4 is 0 Å². The van der Waals surface area contributed by atoms with Crippen molar-refractivity contribution in [3.05, 3.63) is 35.0 Å². The average Bonchev–Trinajstić information content (AvgIpc) is 2.83. The van der Waals surface area contributed by atoms with E-state index in [1.165, 1.54) is 16.6 Å². The summed E-state index contributed by atoms with van der Waals surface area (Å²) >= 11 is 0. The van der Waals surface area contributed by atoms with Crippen LogP contribution in [0.4, 0.5) is 0 Å². The third kappa shape index (κ3) is 2.68. The first kappa shape index (κ1) is 15.6. The van der Waals surface area contributed by atoms with Crippen LogP contribution in [0.25, 0.3) is 10.9 Å². The van der Waals surface area contributed by atoms with Crippen molar-refractivity contribution in [1.29, 1.82) is 0 Å². The Hall–Kier alpha value is -1.33. The van der Waals surface area contributed by atoms with Gasteiger partial charge in [-0.15, -0.1) is 0 Å². The van der Waals surface area contributed by atoms with Gasteiger partial charge in [-0.25, -0.2) is 8.42 Å². The van der Waals surface area contributed by atoms with Gasteiger partial charge in [-0.1, -0.05) is 26.8 Å². The Bertz CT molecular complexity index is 790. The highest BCUT2D eigenvalue weighted by Gasteiger charge is 2.28. The zero-order valence-corrected chi connectivity index (χ0v) is 14.3. The summed E-state index contributed by atoms with van der Waals surface area (Å²) in [5, 5.41) is 1.18. The second-order valence-electron chi connectivity index (χ2n) is 6.44. The molecule has 22 heavy (non-hydrogen) atoms. The molecule has 0 spiro atoms. The number of H-pyrrole nitrogens is 1. The molecule has 1 aromatic heterocycles. The second kappa shape index (κ2) is 5.70. The van der Waals surface area contributed by atoms with Gasteiger partial charge in [-0.2, -0.15) is 4.31 Å². The molecule has 4 nitrogen and oxygen atoms in total. The lowest BCUT2D eigenvalue weighted by Crippen LogP contribution is -2.37. The van der Waals surface area contributed by atoms with Gasteiger partial charge in [0.25, 0.3) is 0 Å². The van der Waals surface area contributed by atoms with Crippen LogP contribution in [0.15, 0.2) is 18.2 Å². The van der Waals surface area contributed by atoms with E-state index in [-0.39, 0.29) is 5.75 Å². The lowest BCUT2D eigenvalue weighted by Gasteiger charge is -2.26. The molecule has 3 rings (SSSR count). The van der Waals surface area contributed by atoms with E-state index in [9.17, 15) is 8.42 Å². The Morgan fingerprint density at radius 1 is 1.32 bits per heavy atom. The lowest BCUT2D eigenvalue weighted by molar-refractivity contribution is 0.391. The number of aromatic nitrogens is 1. The number of sulfonamides is 1. The summed E-state index contributed by atoms with van der Waals surface area (Å²) in [5.74, 6) is 0.709. The van der Waals surface area contributed by atoms with Gasteiger partial charge >= 0.3 is 0 Å². The third-order valence-electron chi connectivity index (χ3n) is 4.49. The van der Waals surface area contributed by atoms with Crippen LogP contribution >= 0.6 is 0 Å². The van der Waals surface area contributed by atoms with Gasteiger partial charge in [0.05, 0.1) is 5.75 Å². The number of hydrogen-bond donors (Lipinski definition) is 1. The molecule has 1 N–H and O–H groups in total. The fourth-order valence-corrected chi connectivity index (χ4v) is 4.66. The Kier molecular flexibility index (Phi) is 4.03. The summed E-state index contributed by atoms with van der Waals surface area (Å²) in [5.41, 5.74) is 4.76. The number of fused-ring (bicyclic) bond motifs is 3. The minimum atomic E-state index is -3.13. The molecular formula is C17H24N2O2S. The summed E-state index contributed by atoms with van der Waals surface area (Å²) in [7, 11) is -3.13. The predicted octanol–water partition coefficient (Wildman–Crippen LogP) is 3.39. The highest BCUT2D eigenvalue weighted by Crippen LogP contribution is 2.31. The van der Waals surface area contributed by atoms with Crippen molar-refractivity contribution in [3.63, 3.8) is 0 Å². The summed E-state index contributed by atoms with van der Waals surface area (Å²) in [6, 6.07) is 6.49. The molecule has 0 bridgehead atoms. The van der Waals surface area contributed by atoms with Crippen molar-refractivity contribution >= 4 is 20.9 Å². The summed E-state index contributed by atoms with van der Waals surface area (Å²) in [6.45, 7) is 7.35. The highest BCUT2D eigenvalue weighted by atomic mass is 32.2. The average molecular weight is 320 g/mol. The zero-order valence-electron chi connectivity index (χ0n) is 13.5. The molecular weight excluding hydrogens is 296 g/mol. The van der Waals surface area contributed by atoms with Crippen molar-refractivity contribution in [2.45, 2.75) is 46.1 Å². The minimum Gasteiger partial charge on any atom is -0.358 e. The van der Waals surface area contributed by atoms with E-state index in [1.807, 2.05) is 6.92 Å². The lowest BCUT2D eigenvalue weighted by atomic mass is 9.99. The van der Waals surface area contributed by atoms with Gasteiger partial charge in [0, 0.05) is 36.1 Å². The zero-order chi connectivity index (χ0) is 15.9. The van der Waals surface area contributed by atoms with Crippen LogP contribution in [0.5, 0.6) is 0 Å². The van der Waals surface area contributed by atoms with Gasteiger partial charge in [-0.05, 0) is 35.6 Å². The van der Waals surface area contributed by atoms with E-state index in [0.717, 1.165) is 17.5 Å².